The third-order valence-corrected chi connectivity index (χ3v) is 3.11. The van der Waals surface area contributed by atoms with E-state index in [0.717, 1.165) is 0 Å². The lowest BCUT2D eigenvalue weighted by molar-refractivity contribution is -0.153. The number of carboxylic acid groups (broad SMARTS) is 1. The Hall–Kier alpha value is -2.04. The number of phenolic OH excluding ortho intramolecular Hbond substituents is 1. The molecule has 5 nitrogen and oxygen atoms in total. The second-order valence-corrected chi connectivity index (χ2v) is 4.16. The zero-order valence-corrected chi connectivity index (χ0v) is 9.27. The normalized spacial score (nSPS) is 17.4. The molecule has 5 heteroatoms. The molecule has 0 heterocycles. The molecule has 0 radical (unpaired) electrons. The molecule has 1 aliphatic rings. The predicted molar refractivity (Wildman–Crippen MR) is 58.2 cm³/mol. The first-order chi connectivity index (χ1) is 7.99. The number of phenols is 1. The van der Waals surface area contributed by atoms with Crippen molar-refractivity contribution in [1.82, 2.24) is 0 Å². The molecule has 0 atom stereocenters. The van der Waals surface area contributed by atoms with Gasteiger partial charge < -0.3 is 14.9 Å². The Bertz CT molecular complexity index is 484. The van der Waals surface area contributed by atoms with Crippen molar-refractivity contribution in [2.45, 2.75) is 18.3 Å². The van der Waals surface area contributed by atoms with Crippen molar-refractivity contribution in [3.05, 3.63) is 23.8 Å². The first-order valence-electron chi connectivity index (χ1n) is 5.12. The Morgan fingerprint density at radius 2 is 2.06 bits per heavy atom. The van der Waals surface area contributed by atoms with E-state index in [1.165, 1.54) is 25.3 Å². The number of methoxy groups -OCH3 is 1. The average Bonchev–Trinajstić information content (AvgIpc) is 2.24. The summed E-state index contributed by atoms with van der Waals surface area (Å²) >= 11 is 0. The van der Waals surface area contributed by atoms with E-state index in [-0.39, 0.29) is 24.4 Å². The van der Waals surface area contributed by atoms with Crippen LogP contribution >= 0.6 is 0 Å². The zero-order valence-electron chi connectivity index (χ0n) is 9.27. The van der Waals surface area contributed by atoms with Crippen LogP contribution in [0.2, 0.25) is 0 Å². The highest BCUT2D eigenvalue weighted by atomic mass is 16.5. The van der Waals surface area contributed by atoms with Gasteiger partial charge in [-0.3, -0.25) is 9.59 Å². The molecule has 0 bridgehead atoms. The van der Waals surface area contributed by atoms with Gasteiger partial charge in [0.05, 0.1) is 7.11 Å². The Kier molecular flexibility index (Phi) is 2.53. The highest BCUT2D eigenvalue weighted by Gasteiger charge is 2.52. The van der Waals surface area contributed by atoms with Crippen molar-refractivity contribution in [3.8, 4) is 11.5 Å². The molecule has 1 aromatic carbocycles. The number of carbonyl (C=O) groups excluding carboxylic acids is 1. The molecule has 17 heavy (non-hydrogen) atoms. The van der Waals surface area contributed by atoms with E-state index in [9.17, 15) is 19.8 Å². The van der Waals surface area contributed by atoms with Crippen LogP contribution in [0, 0.1) is 0 Å². The Morgan fingerprint density at radius 3 is 2.53 bits per heavy atom. The largest absolute Gasteiger partial charge is 0.508 e. The summed E-state index contributed by atoms with van der Waals surface area (Å²) in [4.78, 5) is 22.4. The van der Waals surface area contributed by atoms with E-state index in [1.54, 1.807) is 0 Å². The van der Waals surface area contributed by atoms with E-state index in [0.29, 0.717) is 11.3 Å². The first-order valence-corrected chi connectivity index (χ1v) is 5.12. The van der Waals surface area contributed by atoms with Crippen LogP contribution < -0.4 is 4.74 Å². The number of ketones is 1. The van der Waals surface area contributed by atoms with E-state index >= 15 is 0 Å². The smallest absolute Gasteiger partial charge is 0.315 e. The van der Waals surface area contributed by atoms with Gasteiger partial charge in [-0.2, -0.15) is 0 Å². The lowest BCUT2D eigenvalue weighted by atomic mass is 9.63. The predicted octanol–water partition coefficient (Wildman–Crippen LogP) is 1.09. The molecular formula is C12H12O5. The van der Waals surface area contributed by atoms with Crippen molar-refractivity contribution >= 4 is 11.8 Å². The third kappa shape index (κ3) is 1.63. The maximum absolute atomic E-state index is 11.3. The molecule has 1 saturated carbocycles. The van der Waals surface area contributed by atoms with Gasteiger partial charge in [0.15, 0.2) is 0 Å². The number of aliphatic carboxylic acids is 1. The van der Waals surface area contributed by atoms with Gasteiger partial charge in [-0.25, -0.2) is 0 Å². The van der Waals surface area contributed by atoms with E-state index in [2.05, 4.69) is 0 Å². The molecule has 2 N–H and O–H groups in total. The van der Waals surface area contributed by atoms with Gasteiger partial charge in [-0.1, -0.05) is 6.07 Å². The van der Waals surface area contributed by atoms with Gasteiger partial charge in [0.25, 0.3) is 0 Å². The average molecular weight is 236 g/mol. The van der Waals surface area contributed by atoms with Crippen LogP contribution in [0.3, 0.4) is 0 Å². The van der Waals surface area contributed by atoms with Gasteiger partial charge in [0.1, 0.15) is 22.7 Å². The van der Waals surface area contributed by atoms with Crippen LogP contribution in [0.25, 0.3) is 0 Å². The second kappa shape index (κ2) is 3.76. The topological polar surface area (TPSA) is 83.8 Å². The molecule has 90 valence electrons. The molecule has 0 spiro atoms. The highest BCUT2D eigenvalue weighted by Crippen LogP contribution is 2.46. The lowest BCUT2D eigenvalue weighted by Crippen LogP contribution is -2.48. The fourth-order valence-corrected chi connectivity index (χ4v) is 2.15. The number of benzene rings is 1. The number of hydrogen-bond acceptors (Lipinski definition) is 4. The van der Waals surface area contributed by atoms with Gasteiger partial charge >= 0.3 is 5.97 Å². The maximum atomic E-state index is 11.3. The van der Waals surface area contributed by atoms with Crippen LogP contribution in [0.1, 0.15) is 18.4 Å². The summed E-state index contributed by atoms with van der Waals surface area (Å²) in [6.45, 7) is 0. The number of hydrogen-bond donors (Lipinski definition) is 2. The molecule has 0 aromatic heterocycles. The summed E-state index contributed by atoms with van der Waals surface area (Å²) in [6.07, 6.45) is -0.0487. The van der Waals surface area contributed by atoms with Crippen molar-refractivity contribution in [1.29, 1.82) is 0 Å². The number of ether oxygens (including phenoxy) is 1. The second-order valence-electron chi connectivity index (χ2n) is 4.16. The molecular weight excluding hydrogens is 224 g/mol. The number of Topliss-reactive ketones (excluding diaryl/α,β-unsaturated/α-hetero) is 1. The van der Waals surface area contributed by atoms with E-state index < -0.39 is 11.4 Å². The van der Waals surface area contributed by atoms with Crippen LogP contribution in [0.5, 0.6) is 11.5 Å². The number of rotatable bonds is 3. The van der Waals surface area contributed by atoms with Crippen LogP contribution in [0.4, 0.5) is 0 Å². The van der Waals surface area contributed by atoms with Gasteiger partial charge in [0, 0.05) is 24.5 Å². The van der Waals surface area contributed by atoms with E-state index in [4.69, 9.17) is 4.74 Å². The molecule has 2 rings (SSSR count). The standard InChI is InChI=1S/C12H12O5/c1-17-10-4-7(13)2-3-9(10)12(11(15)16)5-8(14)6-12/h2-4,13H,5-6H2,1H3,(H,15,16). The van der Waals surface area contributed by atoms with Gasteiger partial charge in [0.2, 0.25) is 0 Å². The zero-order chi connectivity index (χ0) is 12.6. The molecule has 1 aliphatic carbocycles. The fraction of sp³-hybridized carbons (Fsp3) is 0.333. The summed E-state index contributed by atoms with van der Waals surface area (Å²) < 4.78 is 5.06. The van der Waals surface area contributed by atoms with Crippen LogP contribution in [-0.4, -0.2) is 29.1 Å². The number of carboxylic acids is 1. The maximum Gasteiger partial charge on any atom is 0.315 e. The lowest BCUT2D eigenvalue weighted by Gasteiger charge is -2.37. The monoisotopic (exact) mass is 236 g/mol. The van der Waals surface area contributed by atoms with Gasteiger partial charge in [-0.15, -0.1) is 0 Å². The SMILES string of the molecule is COc1cc(O)ccc1C1(C(=O)O)CC(=O)C1. The number of aromatic hydroxyl groups is 1. The Morgan fingerprint density at radius 1 is 1.41 bits per heavy atom. The summed E-state index contributed by atoms with van der Waals surface area (Å²) in [6, 6.07) is 4.24. The molecule has 0 amide bonds. The molecule has 1 aromatic rings. The van der Waals surface area contributed by atoms with Crippen molar-refractivity contribution < 1.29 is 24.5 Å². The Balaban J connectivity index is 2.51. The molecule has 0 aliphatic heterocycles. The third-order valence-electron chi connectivity index (χ3n) is 3.11. The van der Waals surface area contributed by atoms with E-state index in [1.807, 2.05) is 0 Å². The highest BCUT2D eigenvalue weighted by molar-refractivity contribution is 6.01. The minimum atomic E-state index is -1.20. The first kappa shape index (κ1) is 11.4. The molecule has 0 unspecified atom stereocenters. The van der Waals surface area contributed by atoms with Crippen LogP contribution in [0.15, 0.2) is 18.2 Å². The summed E-state index contributed by atoms with van der Waals surface area (Å²) in [5.74, 6) is -0.833. The summed E-state index contributed by atoms with van der Waals surface area (Å²) in [5, 5.41) is 18.6. The fourth-order valence-electron chi connectivity index (χ4n) is 2.15. The Labute approximate surface area is 97.6 Å². The minimum absolute atomic E-state index is 0.00297. The van der Waals surface area contributed by atoms with Crippen molar-refractivity contribution in [3.63, 3.8) is 0 Å². The quantitative estimate of drug-likeness (QED) is 0.820. The van der Waals surface area contributed by atoms with Crippen molar-refractivity contribution in [2.75, 3.05) is 7.11 Å². The molecule has 0 saturated heterocycles. The summed E-state index contributed by atoms with van der Waals surface area (Å²) in [5.41, 5.74) is -0.763. The van der Waals surface area contributed by atoms with Gasteiger partial charge in [-0.05, 0) is 6.07 Å². The number of carbonyl (C=O) groups is 2. The minimum Gasteiger partial charge on any atom is -0.508 e. The molecule has 1 fully saturated rings. The summed E-state index contributed by atoms with van der Waals surface area (Å²) in [7, 11) is 1.40. The van der Waals surface area contributed by atoms with Crippen molar-refractivity contribution in [2.24, 2.45) is 0 Å². The van der Waals surface area contributed by atoms with Crippen LogP contribution in [-0.2, 0) is 15.0 Å².